The molecule has 1 aromatic rings. The smallest absolute Gasteiger partial charge is 0.224 e. The molecular weight excluding hydrogens is 278 g/mol. The third kappa shape index (κ3) is 8.42. The number of hydrogen-bond donors (Lipinski definition) is 3. The fourth-order valence-corrected chi connectivity index (χ4v) is 2.27. The van der Waals surface area contributed by atoms with Crippen molar-refractivity contribution in [3.05, 3.63) is 35.4 Å². The Balaban J connectivity index is 2.20. The van der Waals surface area contributed by atoms with Gasteiger partial charge in [-0.3, -0.25) is 9.59 Å². The molecule has 0 aliphatic rings. The molecule has 0 radical (unpaired) electrons. The Morgan fingerprint density at radius 2 is 1.82 bits per heavy atom. The fourth-order valence-electron chi connectivity index (χ4n) is 2.27. The minimum atomic E-state index is 0.0516. The van der Waals surface area contributed by atoms with E-state index >= 15 is 0 Å². The first-order valence-corrected chi connectivity index (χ1v) is 7.92. The van der Waals surface area contributed by atoms with Crippen molar-refractivity contribution in [2.75, 3.05) is 20.1 Å². The van der Waals surface area contributed by atoms with E-state index in [1.807, 2.05) is 31.3 Å². The molecule has 5 nitrogen and oxygen atoms in total. The number of amides is 2. The number of unbranched alkanes of at least 4 members (excludes halogenated alkanes) is 3. The maximum atomic E-state index is 11.9. The van der Waals surface area contributed by atoms with Crippen molar-refractivity contribution in [2.24, 2.45) is 0 Å². The summed E-state index contributed by atoms with van der Waals surface area (Å²) in [6.07, 6.45) is 5.62. The van der Waals surface area contributed by atoms with Gasteiger partial charge in [-0.1, -0.05) is 37.1 Å². The van der Waals surface area contributed by atoms with Crippen LogP contribution in [0.2, 0.25) is 0 Å². The third-order valence-corrected chi connectivity index (χ3v) is 3.42. The highest BCUT2D eigenvalue weighted by Gasteiger charge is 2.03. The van der Waals surface area contributed by atoms with Gasteiger partial charge >= 0.3 is 0 Å². The summed E-state index contributed by atoms with van der Waals surface area (Å²) in [5.41, 5.74) is 1.97. The second-order valence-corrected chi connectivity index (χ2v) is 5.36. The van der Waals surface area contributed by atoms with E-state index in [1.54, 1.807) is 0 Å². The molecule has 0 saturated carbocycles. The summed E-state index contributed by atoms with van der Waals surface area (Å²) >= 11 is 0. The van der Waals surface area contributed by atoms with Crippen LogP contribution in [0, 0.1) is 0 Å². The van der Waals surface area contributed by atoms with E-state index in [1.165, 1.54) is 12.8 Å². The van der Waals surface area contributed by atoms with E-state index in [4.69, 9.17) is 0 Å². The zero-order valence-corrected chi connectivity index (χ0v) is 13.4. The Morgan fingerprint density at radius 3 is 2.55 bits per heavy atom. The molecule has 0 fully saturated rings. The van der Waals surface area contributed by atoms with Gasteiger partial charge in [-0.2, -0.15) is 0 Å². The molecule has 0 saturated heterocycles. The Labute approximate surface area is 132 Å². The van der Waals surface area contributed by atoms with Crippen LogP contribution >= 0.6 is 0 Å². The molecular formula is C17H27N3O2. The van der Waals surface area contributed by atoms with Gasteiger partial charge in [0.15, 0.2) is 0 Å². The van der Waals surface area contributed by atoms with Crippen LogP contribution < -0.4 is 16.0 Å². The molecule has 1 rings (SSSR count). The van der Waals surface area contributed by atoms with E-state index in [2.05, 4.69) is 16.0 Å². The number of carbonyl (C=O) groups excluding carboxylic acids is 2. The van der Waals surface area contributed by atoms with Gasteiger partial charge in [0.25, 0.3) is 0 Å². The molecule has 1 aromatic carbocycles. The number of nitrogens with one attached hydrogen (secondary N) is 3. The Morgan fingerprint density at radius 1 is 1.09 bits per heavy atom. The first-order valence-electron chi connectivity index (χ1n) is 7.92. The number of rotatable bonds is 12. The minimum absolute atomic E-state index is 0.0516. The van der Waals surface area contributed by atoms with Crippen LogP contribution in [0.15, 0.2) is 24.3 Å². The molecule has 22 heavy (non-hydrogen) atoms. The zero-order valence-electron chi connectivity index (χ0n) is 13.4. The summed E-state index contributed by atoms with van der Waals surface area (Å²) in [5, 5.41) is 8.71. The number of hydrogen-bond acceptors (Lipinski definition) is 3. The van der Waals surface area contributed by atoms with Gasteiger partial charge in [-0.25, -0.2) is 0 Å². The van der Waals surface area contributed by atoms with E-state index in [0.717, 1.165) is 37.1 Å². The van der Waals surface area contributed by atoms with Crippen molar-refractivity contribution < 1.29 is 9.59 Å². The lowest BCUT2D eigenvalue weighted by Gasteiger charge is -2.07. The third-order valence-electron chi connectivity index (χ3n) is 3.42. The summed E-state index contributed by atoms with van der Waals surface area (Å²) in [5.74, 6) is 0.0516. The van der Waals surface area contributed by atoms with Crippen molar-refractivity contribution in [3.8, 4) is 0 Å². The Bertz CT molecular complexity index is 449. The molecule has 122 valence electrons. The van der Waals surface area contributed by atoms with E-state index in [-0.39, 0.29) is 5.91 Å². The molecule has 0 unspecified atom stereocenters. The SMILES string of the molecule is CNCCCCCCNC(=O)Cc1cccc(CNC=O)c1. The lowest BCUT2D eigenvalue weighted by molar-refractivity contribution is -0.120. The predicted molar refractivity (Wildman–Crippen MR) is 88.5 cm³/mol. The average molecular weight is 305 g/mol. The average Bonchev–Trinajstić information content (AvgIpc) is 2.52. The number of benzene rings is 1. The molecule has 0 atom stereocenters. The van der Waals surface area contributed by atoms with Gasteiger partial charge in [-0.05, 0) is 37.6 Å². The van der Waals surface area contributed by atoms with Crippen LogP contribution in [0.1, 0.15) is 36.8 Å². The second-order valence-electron chi connectivity index (χ2n) is 5.36. The molecule has 0 aliphatic carbocycles. The first-order chi connectivity index (χ1) is 10.8. The quantitative estimate of drug-likeness (QED) is 0.403. The van der Waals surface area contributed by atoms with Gasteiger partial charge in [0.05, 0.1) is 6.42 Å². The fraction of sp³-hybridized carbons (Fsp3) is 0.529. The lowest BCUT2D eigenvalue weighted by atomic mass is 10.1. The molecule has 0 heterocycles. The zero-order chi connectivity index (χ0) is 16.0. The molecule has 0 aliphatic heterocycles. The molecule has 5 heteroatoms. The predicted octanol–water partition coefficient (Wildman–Crippen LogP) is 1.37. The van der Waals surface area contributed by atoms with Crippen LogP contribution in [-0.4, -0.2) is 32.5 Å². The van der Waals surface area contributed by atoms with E-state index < -0.39 is 0 Å². The topological polar surface area (TPSA) is 70.2 Å². The van der Waals surface area contributed by atoms with Gasteiger partial charge in [-0.15, -0.1) is 0 Å². The first kappa shape index (κ1) is 18.2. The molecule has 3 N–H and O–H groups in total. The van der Waals surface area contributed by atoms with Gasteiger partial charge in [0.2, 0.25) is 12.3 Å². The van der Waals surface area contributed by atoms with E-state index in [0.29, 0.717) is 19.4 Å². The Hall–Kier alpha value is -1.88. The van der Waals surface area contributed by atoms with Gasteiger partial charge in [0.1, 0.15) is 0 Å². The molecule has 2 amide bonds. The van der Waals surface area contributed by atoms with Crippen molar-refractivity contribution in [3.63, 3.8) is 0 Å². The monoisotopic (exact) mass is 305 g/mol. The summed E-state index contributed by atoms with van der Waals surface area (Å²) in [6, 6.07) is 7.73. The molecule has 0 aromatic heterocycles. The summed E-state index contributed by atoms with van der Waals surface area (Å²) in [6.45, 7) is 2.29. The van der Waals surface area contributed by atoms with Crippen LogP contribution in [0.4, 0.5) is 0 Å². The van der Waals surface area contributed by atoms with Crippen molar-refractivity contribution in [1.82, 2.24) is 16.0 Å². The van der Waals surface area contributed by atoms with Crippen LogP contribution in [0.3, 0.4) is 0 Å². The standard InChI is InChI=1S/C17H27N3O2/c1-18-9-4-2-3-5-10-20-17(22)12-15-7-6-8-16(11-15)13-19-14-21/h6-8,11,14,18H,2-5,9-10,12-13H2,1H3,(H,19,21)(H,20,22). The van der Waals surface area contributed by atoms with Crippen LogP contribution in [-0.2, 0) is 22.6 Å². The maximum absolute atomic E-state index is 11.9. The van der Waals surface area contributed by atoms with Crippen molar-refractivity contribution >= 4 is 12.3 Å². The molecule has 0 bridgehead atoms. The lowest BCUT2D eigenvalue weighted by Crippen LogP contribution is -2.26. The van der Waals surface area contributed by atoms with Crippen LogP contribution in [0.5, 0.6) is 0 Å². The maximum Gasteiger partial charge on any atom is 0.224 e. The highest BCUT2D eigenvalue weighted by atomic mass is 16.1. The normalized spacial score (nSPS) is 10.2. The molecule has 0 spiro atoms. The number of carbonyl (C=O) groups is 2. The van der Waals surface area contributed by atoms with Gasteiger partial charge < -0.3 is 16.0 Å². The van der Waals surface area contributed by atoms with Crippen molar-refractivity contribution in [2.45, 2.75) is 38.6 Å². The summed E-state index contributed by atoms with van der Waals surface area (Å²) < 4.78 is 0. The largest absolute Gasteiger partial charge is 0.356 e. The highest BCUT2D eigenvalue weighted by molar-refractivity contribution is 5.78. The van der Waals surface area contributed by atoms with Gasteiger partial charge in [0, 0.05) is 13.1 Å². The Kier molecular flexibility index (Phi) is 9.70. The van der Waals surface area contributed by atoms with Crippen molar-refractivity contribution in [1.29, 1.82) is 0 Å². The minimum Gasteiger partial charge on any atom is -0.356 e. The second kappa shape index (κ2) is 11.7. The van der Waals surface area contributed by atoms with E-state index in [9.17, 15) is 9.59 Å². The highest BCUT2D eigenvalue weighted by Crippen LogP contribution is 2.06. The summed E-state index contributed by atoms with van der Waals surface area (Å²) in [7, 11) is 1.96. The van der Waals surface area contributed by atoms with Crippen LogP contribution in [0.25, 0.3) is 0 Å². The summed E-state index contributed by atoms with van der Waals surface area (Å²) in [4.78, 5) is 22.2.